The Labute approximate surface area is 97.3 Å². The van der Waals surface area contributed by atoms with Gasteiger partial charge >= 0.3 is 0 Å². The summed E-state index contributed by atoms with van der Waals surface area (Å²) < 4.78 is 0. The number of benzene rings is 1. The Morgan fingerprint density at radius 3 is 2.62 bits per heavy atom. The van der Waals surface area contributed by atoms with Gasteiger partial charge in [-0.15, -0.1) is 0 Å². The van der Waals surface area contributed by atoms with Crippen LogP contribution in [0.1, 0.15) is 31.7 Å². The lowest BCUT2D eigenvalue weighted by Gasteiger charge is -2.23. The molecule has 0 aromatic heterocycles. The highest BCUT2D eigenvalue weighted by Gasteiger charge is 2.31. The molecule has 1 aromatic carbocycles. The Bertz CT molecular complexity index is 375. The van der Waals surface area contributed by atoms with Crippen LogP contribution in [0, 0.1) is 11.3 Å². The van der Waals surface area contributed by atoms with Crippen LogP contribution in [0.25, 0.3) is 0 Å². The van der Waals surface area contributed by atoms with E-state index >= 15 is 0 Å². The number of rotatable bonds is 5. The molecule has 2 heteroatoms. The molecule has 0 heterocycles. The van der Waals surface area contributed by atoms with E-state index in [1.807, 2.05) is 25.1 Å². The predicted molar refractivity (Wildman–Crippen MR) is 64.9 cm³/mol. The molecule has 1 saturated carbocycles. The molecule has 2 nitrogen and oxygen atoms in total. The molecule has 0 radical (unpaired) electrons. The van der Waals surface area contributed by atoms with Crippen LogP contribution in [0.4, 0.5) is 0 Å². The lowest BCUT2D eigenvalue weighted by Crippen LogP contribution is -2.42. The summed E-state index contributed by atoms with van der Waals surface area (Å²) in [7, 11) is 0. The number of nitriles is 1. The molecule has 1 N–H and O–H groups in total. The van der Waals surface area contributed by atoms with Crippen LogP contribution in [-0.2, 0) is 6.42 Å². The molecule has 0 aliphatic heterocycles. The van der Waals surface area contributed by atoms with Gasteiger partial charge in [0.2, 0.25) is 0 Å². The molecule has 0 amide bonds. The number of hydrogen-bond donors (Lipinski definition) is 1. The summed E-state index contributed by atoms with van der Waals surface area (Å²) >= 11 is 0. The van der Waals surface area contributed by atoms with Crippen molar-refractivity contribution in [3.63, 3.8) is 0 Å². The van der Waals surface area contributed by atoms with Crippen molar-refractivity contribution >= 4 is 0 Å². The van der Waals surface area contributed by atoms with Crippen molar-refractivity contribution in [1.29, 1.82) is 5.26 Å². The van der Waals surface area contributed by atoms with Crippen molar-refractivity contribution in [2.75, 3.05) is 0 Å². The summed E-state index contributed by atoms with van der Waals surface area (Å²) in [5.41, 5.74) is 0.943. The van der Waals surface area contributed by atoms with Crippen LogP contribution in [0.5, 0.6) is 0 Å². The Morgan fingerprint density at radius 1 is 1.38 bits per heavy atom. The molecule has 0 saturated heterocycles. The van der Waals surface area contributed by atoms with E-state index < -0.39 is 0 Å². The molecule has 1 aromatic rings. The number of nitrogens with zero attached hydrogens (tertiary/aromatic N) is 1. The minimum Gasteiger partial charge on any atom is -0.297 e. The van der Waals surface area contributed by atoms with Gasteiger partial charge in [0.1, 0.15) is 5.54 Å². The van der Waals surface area contributed by atoms with Gasteiger partial charge in [-0.2, -0.15) is 5.26 Å². The molecule has 1 aliphatic rings. The van der Waals surface area contributed by atoms with Gasteiger partial charge in [0.15, 0.2) is 0 Å². The average molecular weight is 214 g/mol. The highest BCUT2D eigenvalue weighted by Crippen LogP contribution is 2.24. The van der Waals surface area contributed by atoms with Crippen LogP contribution in [0.2, 0.25) is 0 Å². The maximum absolute atomic E-state index is 9.23. The monoisotopic (exact) mass is 214 g/mol. The first-order valence-electron chi connectivity index (χ1n) is 5.95. The number of aryl methyl sites for hydroxylation is 1. The summed E-state index contributed by atoms with van der Waals surface area (Å²) in [4.78, 5) is 0. The molecule has 0 spiro atoms. The number of nitrogens with one attached hydrogen (secondary N) is 1. The first-order chi connectivity index (χ1) is 7.72. The zero-order chi connectivity index (χ0) is 11.4. The fourth-order valence-electron chi connectivity index (χ4n) is 1.88. The standard InChI is InChI=1S/C14H18N2/c1-14(11-15,16-13-7-8-13)10-9-12-5-3-2-4-6-12/h2-6,13,16H,7-10H2,1H3. The molecule has 1 fully saturated rings. The van der Waals surface area contributed by atoms with Gasteiger partial charge in [-0.05, 0) is 38.2 Å². The molecule has 84 valence electrons. The highest BCUT2D eigenvalue weighted by molar-refractivity contribution is 5.17. The van der Waals surface area contributed by atoms with Crippen LogP contribution >= 0.6 is 0 Å². The smallest absolute Gasteiger partial charge is 0.104 e. The van der Waals surface area contributed by atoms with Gasteiger partial charge in [0, 0.05) is 6.04 Å². The highest BCUT2D eigenvalue weighted by atomic mass is 15.0. The minimum atomic E-state index is -0.364. The zero-order valence-electron chi connectivity index (χ0n) is 9.74. The lowest BCUT2D eigenvalue weighted by atomic mass is 9.94. The zero-order valence-corrected chi connectivity index (χ0v) is 9.74. The average Bonchev–Trinajstić information content (AvgIpc) is 3.12. The second-order valence-electron chi connectivity index (χ2n) is 4.85. The van der Waals surface area contributed by atoms with Crippen molar-refractivity contribution in [2.24, 2.45) is 0 Å². The first-order valence-corrected chi connectivity index (χ1v) is 5.95. The molecular weight excluding hydrogens is 196 g/mol. The Hall–Kier alpha value is -1.33. The summed E-state index contributed by atoms with van der Waals surface area (Å²) in [6.07, 6.45) is 4.29. The quantitative estimate of drug-likeness (QED) is 0.818. The van der Waals surface area contributed by atoms with E-state index in [1.165, 1.54) is 18.4 Å². The fraction of sp³-hybridized carbons (Fsp3) is 0.500. The minimum absolute atomic E-state index is 0.364. The van der Waals surface area contributed by atoms with Crippen molar-refractivity contribution in [3.8, 4) is 6.07 Å². The Balaban J connectivity index is 1.89. The van der Waals surface area contributed by atoms with E-state index in [0.717, 1.165) is 12.8 Å². The Morgan fingerprint density at radius 2 is 2.06 bits per heavy atom. The van der Waals surface area contributed by atoms with Gasteiger partial charge in [0.05, 0.1) is 6.07 Å². The van der Waals surface area contributed by atoms with Crippen molar-refractivity contribution in [2.45, 2.75) is 44.2 Å². The van der Waals surface area contributed by atoms with E-state index in [9.17, 15) is 5.26 Å². The summed E-state index contributed by atoms with van der Waals surface area (Å²) in [6, 6.07) is 13.4. The maximum Gasteiger partial charge on any atom is 0.104 e. The fourth-order valence-corrected chi connectivity index (χ4v) is 1.88. The van der Waals surface area contributed by atoms with Crippen LogP contribution in [0.15, 0.2) is 30.3 Å². The molecule has 0 bridgehead atoms. The largest absolute Gasteiger partial charge is 0.297 e. The SMILES string of the molecule is CC(C#N)(CCc1ccccc1)NC1CC1. The third kappa shape index (κ3) is 3.08. The van der Waals surface area contributed by atoms with Crippen LogP contribution in [0.3, 0.4) is 0 Å². The lowest BCUT2D eigenvalue weighted by molar-refractivity contribution is 0.415. The predicted octanol–water partition coefficient (Wildman–Crippen LogP) is 2.65. The van der Waals surface area contributed by atoms with E-state index in [4.69, 9.17) is 0 Å². The van der Waals surface area contributed by atoms with Gasteiger partial charge in [-0.25, -0.2) is 0 Å². The maximum atomic E-state index is 9.23. The third-order valence-corrected chi connectivity index (χ3v) is 3.10. The van der Waals surface area contributed by atoms with Gasteiger partial charge < -0.3 is 0 Å². The van der Waals surface area contributed by atoms with E-state index in [2.05, 4.69) is 23.5 Å². The third-order valence-electron chi connectivity index (χ3n) is 3.10. The second kappa shape index (κ2) is 4.67. The normalized spacial score (nSPS) is 18.8. The Kier molecular flexibility index (Phi) is 3.26. The van der Waals surface area contributed by atoms with Crippen LogP contribution < -0.4 is 5.32 Å². The van der Waals surface area contributed by atoms with E-state index in [0.29, 0.717) is 6.04 Å². The van der Waals surface area contributed by atoms with Crippen molar-refractivity contribution in [1.82, 2.24) is 5.32 Å². The summed E-state index contributed by atoms with van der Waals surface area (Å²) in [5, 5.41) is 12.7. The first kappa shape index (κ1) is 11.2. The molecule has 16 heavy (non-hydrogen) atoms. The molecular formula is C14H18N2. The topological polar surface area (TPSA) is 35.8 Å². The van der Waals surface area contributed by atoms with Gasteiger partial charge in [0.25, 0.3) is 0 Å². The summed E-state index contributed by atoms with van der Waals surface area (Å²) in [6.45, 7) is 2.01. The molecule has 1 unspecified atom stereocenters. The van der Waals surface area contributed by atoms with Crippen LogP contribution in [-0.4, -0.2) is 11.6 Å². The van der Waals surface area contributed by atoms with Gasteiger partial charge in [-0.3, -0.25) is 5.32 Å². The molecule has 1 aliphatic carbocycles. The molecule has 1 atom stereocenters. The van der Waals surface area contributed by atoms with E-state index in [-0.39, 0.29) is 5.54 Å². The second-order valence-corrected chi connectivity index (χ2v) is 4.85. The summed E-state index contributed by atoms with van der Waals surface area (Å²) in [5.74, 6) is 0. The number of hydrogen-bond acceptors (Lipinski definition) is 2. The van der Waals surface area contributed by atoms with Crippen molar-refractivity contribution < 1.29 is 0 Å². The molecule has 2 rings (SSSR count). The van der Waals surface area contributed by atoms with E-state index in [1.54, 1.807) is 0 Å². The van der Waals surface area contributed by atoms with Crippen molar-refractivity contribution in [3.05, 3.63) is 35.9 Å². The van der Waals surface area contributed by atoms with Gasteiger partial charge in [-0.1, -0.05) is 30.3 Å².